The largest absolute Gasteiger partial charge is 0.507 e. The molecule has 0 bridgehead atoms. The van der Waals surface area contributed by atoms with Gasteiger partial charge in [-0.2, -0.15) is 13.2 Å². The number of fused-ring (bicyclic) bond motifs is 3. The van der Waals surface area contributed by atoms with Gasteiger partial charge in [0.15, 0.2) is 0 Å². The first-order chi connectivity index (χ1) is 13.7. The van der Waals surface area contributed by atoms with Crippen LogP contribution in [0.1, 0.15) is 21.5 Å². The molecule has 2 aromatic carbocycles. The molecule has 0 saturated carbocycles. The number of alkyl halides is 3. The number of pyridine rings is 2. The Labute approximate surface area is 211 Å². The Morgan fingerprint density at radius 3 is 1.87 bits per heavy atom. The molecule has 0 amide bonds. The van der Waals surface area contributed by atoms with Crippen LogP contribution in [0.15, 0.2) is 60.9 Å². The first-order valence-electron chi connectivity index (χ1n) is 8.68. The molecule has 4 aromatic rings. The van der Waals surface area contributed by atoms with E-state index in [4.69, 9.17) is 0 Å². The summed E-state index contributed by atoms with van der Waals surface area (Å²) in [6, 6.07) is 14.7. The van der Waals surface area contributed by atoms with Crippen LogP contribution in [0.4, 0.5) is 13.2 Å². The maximum absolute atomic E-state index is 12.1. The number of benzene rings is 2. The van der Waals surface area contributed by atoms with Crippen LogP contribution in [0.2, 0.25) is 0 Å². The molecule has 4 nitrogen and oxygen atoms in total. The van der Waals surface area contributed by atoms with Crippen molar-refractivity contribution in [2.75, 3.05) is 0 Å². The zero-order valence-electron chi connectivity index (χ0n) is 16.0. The van der Waals surface area contributed by atoms with Gasteiger partial charge in [-0.1, -0.05) is 30.3 Å². The minimum atomic E-state index is -4.96. The Hall–Kier alpha value is -1.90. The monoisotopic (exact) mass is 551 g/mol. The van der Waals surface area contributed by atoms with Gasteiger partial charge >= 0.3 is 6.18 Å². The van der Waals surface area contributed by atoms with E-state index in [2.05, 4.69) is 34.2 Å². The van der Waals surface area contributed by atoms with Gasteiger partial charge in [-0.15, -0.1) is 0 Å². The number of phenolic OH excluding ortho intramolecular Hbond substituents is 1. The molecule has 0 unspecified atom stereocenters. The molecule has 0 atom stereocenters. The van der Waals surface area contributed by atoms with Gasteiger partial charge in [-0.05, 0) is 43.2 Å². The van der Waals surface area contributed by atoms with Crippen LogP contribution in [0.25, 0.3) is 21.8 Å². The summed E-state index contributed by atoms with van der Waals surface area (Å²) in [4.78, 5) is 19.6. The third kappa shape index (κ3) is 5.42. The molecule has 0 fully saturated rings. The fraction of sp³-hybridized carbons (Fsp3) is 0.136. The fourth-order valence-electron chi connectivity index (χ4n) is 2.97. The second-order valence-electron chi connectivity index (χ2n) is 6.52. The number of halogens is 3. The number of aromatic hydroxyl groups is 1. The molecule has 2 aromatic heterocycles. The molecule has 0 spiro atoms. The number of carbonyl (C=O) groups excluding carboxylic acids is 1. The first-order valence-corrected chi connectivity index (χ1v) is 8.68. The van der Waals surface area contributed by atoms with Gasteiger partial charge in [0, 0.05) is 72.5 Å². The van der Waals surface area contributed by atoms with E-state index in [9.17, 15) is 23.1 Å². The van der Waals surface area contributed by atoms with Crippen LogP contribution < -0.4 is 0 Å². The topological polar surface area (TPSA) is 63.1 Å². The molecule has 155 valence electrons. The van der Waals surface area contributed by atoms with Gasteiger partial charge in [0.25, 0.3) is 5.78 Å². The van der Waals surface area contributed by atoms with Crippen LogP contribution in [-0.4, -0.2) is 27.0 Å². The summed E-state index contributed by atoms with van der Waals surface area (Å²) in [7, 11) is 0. The van der Waals surface area contributed by atoms with E-state index in [0.29, 0.717) is 5.56 Å². The second-order valence-corrected chi connectivity index (χ2v) is 6.52. The Morgan fingerprint density at radius 2 is 1.40 bits per heavy atom. The van der Waals surface area contributed by atoms with Crippen molar-refractivity contribution in [3.05, 3.63) is 77.6 Å². The van der Waals surface area contributed by atoms with Gasteiger partial charge < -0.3 is 5.11 Å². The maximum Gasteiger partial charge on any atom is 0.455 e. The number of Topliss-reactive ketones (excluding diaryl/α,β-unsaturated/α-hetero) is 1. The number of carbonyl (C=O) groups is 1. The molecule has 1 N–H and O–H groups in total. The van der Waals surface area contributed by atoms with Gasteiger partial charge in [0.2, 0.25) is 0 Å². The predicted molar refractivity (Wildman–Crippen MR) is 105 cm³/mol. The van der Waals surface area contributed by atoms with Gasteiger partial charge in [0.05, 0.1) is 16.6 Å². The Morgan fingerprint density at radius 1 is 0.900 bits per heavy atom. The number of phenols is 1. The van der Waals surface area contributed by atoms with Crippen molar-refractivity contribution in [1.82, 2.24) is 9.97 Å². The fourth-order valence-corrected chi connectivity index (χ4v) is 2.97. The number of hydrogen-bond donors (Lipinski definition) is 1. The molecular weight excluding hydrogens is 533 g/mol. The molecule has 0 aliphatic rings. The summed E-state index contributed by atoms with van der Waals surface area (Å²) < 4.78 is 36.4. The molecule has 4 rings (SSSR count). The average molecular weight is 550 g/mol. The van der Waals surface area contributed by atoms with E-state index >= 15 is 0 Å². The van der Waals surface area contributed by atoms with Crippen molar-refractivity contribution in [2.45, 2.75) is 20.0 Å². The van der Waals surface area contributed by atoms with Gasteiger partial charge in [-0.25, -0.2) is 0 Å². The zero-order valence-corrected chi connectivity index (χ0v) is 18.5. The smallest absolute Gasteiger partial charge is 0.455 e. The summed E-state index contributed by atoms with van der Waals surface area (Å²) in [5, 5.41) is 11.6. The van der Waals surface area contributed by atoms with Crippen molar-refractivity contribution < 1.29 is 72.4 Å². The first kappa shape index (κ1) is 24.4. The number of rotatable bonds is 1. The van der Waals surface area contributed by atoms with Crippen LogP contribution in [0.3, 0.4) is 0 Å². The molecule has 8 heteroatoms. The van der Waals surface area contributed by atoms with Crippen molar-refractivity contribution in [3.8, 4) is 5.75 Å². The zero-order chi connectivity index (χ0) is 21.2. The van der Waals surface area contributed by atoms with E-state index < -0.39 is 23.3 Å². The van der Waals surface area contributed by atoms with E-state index in [1.54, 1.807) is 19.3 Å². The quantitative estimate of drug-likeness (QED) is 0.250. The van der Waals surface area contributed by atoms with Crippen LogP contribution in [0, 0.1) is 63.2 Å². The summed E-state index contributed by atoms with van der Waals surface area (Å²) >= 11 is 0. The standard InChI is InChI=1S/C12H8N2.C10H9F3O2.Eu/c1-3-9-5-6-10-4-2-8-14-12(10)11(9)13-7-1;1-5-3-6(2)8(14)7(4-5)9(15)10(11,12)13;/h1-8H;3-4,14H,1-2H3;. The molecule has 0 aliphatic heterocycles. The minimum Gasteiger partial charge on any atom is -0.507 e. The number of aryl methyl sites for hydroxylation is 2. The van der Waals surface area contributed by atoms with Crippen molar-refractivity contribution in [2.24, 2.45) is 0 Å². The van der Waals surface area contributed by atoms with E-state index in [1.165, 1.54) is 13.0 Å². The van der Waals surface area contributed by atoms with Crippen molar-refractivity contribution >= 4 is 27.6 Å². The second kappa shape index (κ2) is 9.94. The van der Waals surface area contributed by atoms with Gasteiger partial charge in [-0.3, -0.25) is 14.8 Å². The van der Waals surface area contributed by atoms with Crippen LogP contribution >= 0.6 is 0 Å². The van der Waals surface area contributed by atoms with E-state index in [0.717, 1.165) is 27.9 Å². The van der Waals surface area contributed by atoms with Gasteiger partial charge in [0.1, 0.15) is 5.75 Å². The maximum atomic E-state index is 12.1. The Balaban J connectivity index is 0.000000207. The summed E-state index contributed by atoms with van der Waals surface area (Å²) in [6.45, 7) is 3.00. The molecular formula is C22H17EuF3N2O2. The molecule has 1 radical (unpaired) electrons. The number of nitrogens with zero attached hydrogens (tertiary/aromatic N) is 2. The SMILES string of the molecule is Cc1cc(C)c(O)c(C(=O)C(F)(F)F)c1.[Eu].c1cnc2c(c1)ccc1cccnc12. The Kier molecular flexibility index (Phi) is 8.08. The van der Waals surface area contributed by atoms with Crippen LogP contribution in [0.5, 0.6) is 5.75 Å². The third-order valence-electron chi connectivity index (χ3n) is 4.29. The normalized spacial score (nSPS) is 10.8. The number of aromatic nitrogens is 2. The molecule has 30 heavy (non-hydrogen) atoms. The molecule has 2 heterocycles. The minimum absolute atomic E-state index is 0. The molecule has 0 saturated heterocycles. The van der Waals surface area contributed by atoms with E-state index in [-0.39, 0.29) is 54.9 Å². The summed E-state index contributed by atoms with van der Waals surface area (Å²) in [5.41, 5.74) is 2.01. The third-order valence-corrected chi connectivity index (χ3v) is 4.29. The average Bonchev–Trinajstić information content (AvgIpc) is 2.70. The van der Waals surface area contributed by atoms with Crippen LogP contribution in [-0.2, 0) is 0 Å². The number of hydrogen-bond acceptors (Lipinski definition) is 4. The van der Waals surface area contributed by atoms with E-state index in [1.807, 2.05) is 12.1 Å². The summed E-state index contributed by atoms with van der Waals surface area (Å²) in [5.74, 6) is -2.63. The van der Waals surface area contributed by atoms with Crippen molar-refractivity contribution in [1.29, 1.82) is 0 Å². The summed E-state index contributed by atoms with van der Waals surface area (Å²) in [6.07, 6.45) is -1.36. The number of ketones is 1. The molecule has 0 aliphatic carbocycles. The van der Waals surface area contributed by atoms with Crippen molar-refractivity contribution in [3.63, 3.8) is 0 Å². The predicted octanol–water partition coefficient (Wildman–Crippen LogP) is 5.54. The Bertz CT molecular complexity index is 1160.